The van der Waals surface area contributed by atoms with E-state index in [4.69, 9.17) is 15.3 Å². The van der Waals surface area contributed by atoms with Gasteiger partial charge in [-0.25, -0.2) is 0 Å². The summed E-state index contributed by atoms with van der Waals surface area (Å²) in [6.45, 7) is 0. The summed E-state index contributed by atoms with van der Waals surface area (Å²) < 4.78 is 8.68. The standard InChI is InChI=1S/C16H21NO19/c18-3-1-2(13(26,27)17-3)4-5(19)7(21)9(36-16(32,33)34)8(6(4)20)35-10-11(22,23)14(28,29)15(30,31)12(10,24)25/h2,10,19-34H,1H2,(H,17,18). The number of ether oxygens (including phenoxy) is 2. The highest BCUT2D eigenvalue weighted by atomic mass is 16.9. The minimum atomic E-state index is -4.66. The highest BCUT2D eigenvalue weighted by molar-refractivity contribution is 5.82. The number of phenols is 3. The predicted molar refractivity (Wildman–Crippen MR) is 97.2 cm³/mol. The van der Waals surface area contributed by atoms with Crippen molar-refractivity contribution in [1.82, 2.24) is 5.32 Å². The number of hydrogen-bond donors (Lipinski definition) is 17. The van der Waals surface area contributed by atoms with Gasteiger partial charge in [0.05, 0.1) is 11.5 Å². The van der Waals surface area contributed by atoms with Crippen molar-refractivity contribution in [3.8, 4) is 28.7 Å². The molecule has 2 fully saturated rings. The van der Waals surface area contributed by atoms with Crippen LogP contribution in [0.25, 0.3) is 0 Å². The van der Waals surface area contributed by atoms with Gasteiger partial charge in [0, 0.05) is 6.42 Å². The number of phenolic OH excluding ortho intramolecular Hbond substituents is 3. The number of aliphatic hydroxyl groups is 13. The van der Waals surface area contributed by atoms with Gasteiger partial charge >= 0.3 is 6.16 Å². The van der Waals surface area contributed by atoms with Crippen LogP contribution < -0.4 is 14.8 Å². The second-order valence-corrected chi connectivity index (χ2v) is 8.12. The smallest absolute Gasteiger partial charge is 0.453 e. The molecule has 204 valence electrons. The average molecular weight is 531 g/mol. The number of carbonyl (C=O) groups is 1. The molecule has 20 heteroatoms. The van der Waals surface area contributed by atoms with Gasteiger partial charge in [0.25, 0.3) is 29.1 Å². The lowest BCUT2D eigenvalue weighted by molar-refractivity contribution is -0.452. The van der Waals surface area contributed by atoms with Crippen molar-refractivity contribution < 1.29 is 96.0 Å². The number of rotatable bonds is 5. The third-order valence-corrected chi connectivity index (χ3v) is 5.64. The van der Waals surface area contributed by atoms with Gasteiger partial charge in [-0.2, -0.15) is 0 Å². The van der Waals surface area contributed by atoms with Gasteiger partial charge in [0.15, 0.2) is 11.5 Å². The van der Waals surface area contributed by atoms with Crippen LogP contribution in [0.5, 0.6) is 28.7 Å². The second-order valence-electron chi connectivity index (χ2n) is 8.12. The Kier molecular flexibility index (Phi) is 5.85. The van der Waals surface area contributed by atoms with Crippen molar-refractivity contribution in [2.75, 3.05) is 0 Å². The van der Waals surface area contributed by atoms with Crippen molar-refractivity contribution in [3.05, 3.63) is 5.56 Å². The molecule has 0 bridgehead atoms. The number of amides is 1. The molecule has 0 spiro atoms. The molecule has 1 amide bonds. The van der Waals surface area contributed by atoms with Crippen molar-refractivity contribution in [1.29, 1.82) is 0 Å². The lowest BCUT2D eigenvalue weighted by Crippen LogP contribution is -2.66. The fraction of sp³-hybridized carbons (Fsp3) is 0.562. The molecule has 0 radical (unpaired) electrons. The van der Waals surface area contributed by atoms with Crippen LogP contribution in [0.3, 0.4) is 0 Å². The summed E-state index contributed by atoms with van der Waals surface area (Å²) in [4.78, 5) is 11.6. The van der Waals surface area contributed by atoms with Crippen molar-refractivity contribution >= 4 is 5.91 Å². The van der Waals surface area contributed by atoms with E-state index in [0.29, 0.717) is 0 Å². The summed E-state index contributed by atoms with van der Waals surface area (Å²) in [5.74, 6) is -33.5. The van der Waals surface area contributed by atoms with Crippen LogP contribution in [0.2, 0.25) is 0 Å². The Labute approximate surface area is 196 Å². The summed E-state index contributed by atoms with van der Waals surface area (Å²) in [6.07, 6.45) is -8.77. The maximum absolute atomic E-state index is 11.6. The molecule has 1 aliphatic heterocycles. The molecule has 1 aliphatic carbocycles. The van der Waals surface area contributed by atoms with Gasteiger partial charge in [0.2, 0.25) is 29.3 Å². The molecule has 1 atom stereocenters. The van der Waals surface area contributed by atoms with Gasteiger partial charge in [0.1, 0.15) is 0 Å². The van der Waals surface area contributed by atoms with Gasteiger partial charge < -0.3 is 96.5 Å². The van der Waals surface area contributed by atoms with Crippen LogP contribution in [-0.4, -0.2) is 129 Å². The highest BCUT2D eigenvalue weighted by Gasteiger charge is 2.85. The Balaban J connectivity index is 2.31. The van der Waals surface area contributed by atoms with Crippen LogP contribution in [0, 0.1) is 0 Å². The van der Waals surface area contributed by atoms with E-state index in [2.05, 4.69) is 9.47 Å². The van der Waals surface area contributed by atoms with E-state index >= 15 is 0 Å². The molecule has 1 aromatic carbocycles. The first-order chi connectivity index (χ1) is 15.9. The molecule has 2 aliphatic rings. The van der Waals surface area contributed by atoms with E-state index in [1.807, 2.05) is 0 Å². The quantitative estimate of drug-likeness (QED) is 0.0951. The molecular formula is C16H21NO19. The Morgan fingerprint density at radius 2 is 1.22 bits per heavy atom. The lowest BCUT2D eigenvalue weighted by Gasteiger charge is -2.34. The van der Waals surface area contributed by atoms with E-state index in [0.717, 1.165) is 0 Å². The summed E-state index contributed by atoms with van der Waals surface area (Å²) in [5.41, 5.74) is -1.24. The number of aromatic hydroxyl groups is 3. The molecule has 1 unspecified atom stereocenters. The molecule has 1 aromatic rings. The third kappa shape index (κ3) is 3.65. The van der Waals surface area contributed by atoms with E-state index in [1.54, 1.807) is 5.32 Å². The number of hydrogen-bond acceptors (Lipinski definition) is 19. The molecule has 3 rings (SSSR count). The molecule has 0 aromatic heterocycles. The number of carbonyl (C=O) groups excluding carboxylic acids is 1. The van der Waals surface area contributed by atoms with Gasteiger partial charge in [-0.15, -0.1) is 0 Å². The summed E-state index contributed by atoms with van der Waals surface area (Å²) in [6, 6.07) is 0. The summed E-state index contributed by atoms with van der Waals surface area (Å²) >= 11 is 0. The monoisotopic (exact) mass is 531 g/mol. The number of benzene rings is 1. The Morgan fingerprint density at radius 1 is 0.750 bits per heavy atom. The van der Waals surface area contributed by atoms with E-state index < -0.39 is 93.9 Å². The summed E-state index contributed by atoms with van der Waals surface area (Å²) in [7, 11) is 0. The molecule has 1 saturated carbocycles. The summed E-state index contributed by atoms with van der Waals surface area (Å²) in [5, 5.41) is 159. The van der Waals surface area contributed by atoms with Crippen LogP contribution in [0.4, 0.5) is 0 Å². The maximum Gasteiger partial charge on any atom is 0.453 e. The normalized spacial score (nSPS) is 26.0. The van der Waals surface area contributed by atoms with Gasteiger partial charge in [-0.1, -0.05) is 0 Å². The SMILES string of the molecule is O=C1CC(c2c(O)c(O)c(OC(O)(O)O)c(OC3C(O)(O)C(O)(O)C(O)(O)C3(O)O)c2O)C(O)(O)N1. The predicted octanol–water partition coefficient (Wildman–Crippen LogP) is -8.50. The minimum absolute atomic E-state index is 0.943. The van der Waals surface area contributed by atoms with Crippen LogP contribution in [0.1, 0.15) is 17.9 Å². The molecule has 1 heterocycles. The van der Waals surface area contributed by atoms with Crippen LogP contribution in [-0.2, 0) is 4.79 Å². The Bertz CT molecular complexity index is 1060. The van der Waals surface area contributed by atoms with Crippen molar-refractivity contribution in [2.24, 2.45) is 0 Å². The molecule has 20 nitrogen and oxygen atoms in total. The molecular weight excluding hydrogens is 510 g/mol. The fourth-order valence-corrected chi connectivity index (χ4v) is 3.77. The van der Waals surface area contributed by atoms with E-state index in [1.165, 1.54) is 0 Å². The zero-order chi connectivity index (χ0) is 28.0. The zero-order valence-corrected chi connectivity index (χ0v) is 17.2. The van der Waals surface area contributed by atoms with Gasteiger partial charge in [-0.05, 0) is 0 Å². The first-order valence-corrected chi connectivity index (χ1v) is 9.30. The highest BCUT2D eigenvalue weighted by Crippen LogP contribution is 2.59. The Morgan fingerprint density at radius 3 is 1.61 bits per heavy atom. The third-order valence-electron chi connectivity index (χ3n) is 5.64. The first kappa shape index (κ1) is 27.8. The van der Waals surface area contributed by atoms with Crippen molar-refractivity contribution in [2.45, 2.75) is 53.7 Å². The number of nitrogens with one attached hydrogen (secondary N) is 1. The second kappa shape index (κ2) is 7.59. The topological polar surface area (TPSA) is 371 Å². The fourth-order valence-electron chi connectivity index (χ4n) is 3.77. The molecule has 1 saturated heterocycles. The molecule has 17 N–H and O–H groups in total. The van der Waals surface area contributed by atoms with Crippen LogP contribution in [0.15, 0.2) is 0 Å². The largest absolute Gasteiger partial charge is 0.504 e. The maximum atomic E-state index is 11.6. The average Bonchev–Trinajstić information content (AvgIpc) is 2.98. The lowest BCUT2D eigenvalue weighted by atomic mass is 9.92. The van der Waals surface area contributed by atoms with Gasteiger partial charge in [-0.3, -0.25) is 4.79 Å². The zero-order valence-electron chi connectivity index (χ0n) is 17.2. The van der Waals surface area contributed by atoms with E-state index in [9.17, 15) is 71.2 Å². The molecule has 36 heavy (non-hydrogen) atoms. The van der Waals surface area contributed by atoms with E-state index in [-0.39, 0.29) is 0 Å². The first-order valence-electron chi connectivity index (χ1n) is 9.30. The van der Waals surface area contributed by atoms with Crippen molar-refractivity contribution in [3.63, 3.8) is 0 Å². The minimum Gasteiger partial charge on any atom is -0.504 e. The Hall–Kier alpha value is -2.83. The van der Waals surface area contributed by atoms with Crippen LogP contribution >= 0.6 is 0 Å².